The van der Waals surface area contributed by atoms with Gasteiger partial charge in [-0.2, -0.15) is 0 Å². The third-order valence-corrected chi connectivity index (χ3v) is 7.66. The zero-order valence-corrected chi connectivity index (χ0v) is 22.4. The van der Waals surface area contributed by atoms with Crippen LogP contribution in [0.2, 0.25) is 0 Å². The number of hydrogen-bond donors (Lipinski definition) is 11. The number of rotatable bonds is 7. The fourth-order valence-electron chi connectivity index (χ4n) is 5.23. The van der Waals surface area contributed by atoms with Gasteiger partial charge in [-0.15, -0.1) is 0 Å². The minimum atomic E-state index is -1.72. The van der Waals surface area contributed by atoms with Gasteiger partial charge in [0, 0.05) is 24.1 Å². The summed E-state index contributed by atoms with van der Waals surface area (Å²) in [4.78, 5) is 0. The number of benzene rings is 2. The first-order valence-electron chi connectivity index (χ1n) is 13.4. The van der Waals surface area contributed by atoms with Crippen molar-refractivity contribution >= 4 is 0 Å². The van der Waals surface area contributed by atoms with Crippen LogP contribution in [0.1, 0.15) is 17.2 Å². The van der Waals surface area contributed by atoms with Crippen LogP contribution in [-0.4, -0.2) is 137 Å². The number of phenolic OH excluding ortho intramolecular Hbond substituents is 2. The predicted molar refractivity (Wildman–Crippen MR) is 138 cm³/mol. The monoisotopic (exact) mass is 614 g/mol. The summed E-state index contributed by atoms with van der Waals surface area (Å²) in [5.41, 5.74) is 0.543. The molecular weight excluding hydrogens is 580 g/mol. The van der Waals surface area contributed by atoms with Crippen molar-refractivity contribution in [2.45, 2.75) is 80.0 Å². The lowest BCUT2D eigenvalue weighted by atomic mass is 9.93. The zero-order valence-electron chi connectivity index (χ0n) is 22.4. The summed E-state index contributed by atoms with van der Waals surface area (Å²) in [7, 11) is 0. The number of phenols is 2. The Hall–Kier alpha value is -3.00. The number of aliphatic hydroxyl groups is 9. The van der Waals surface area contributed by atoms with E-state index in [1.807, 2.05) is 0 Å². The molecule has 3 aliphatic rings. The topological polar surface area (TPSA) is 269 Å². The highest BCUT2D eigenvalue weighted by Gasteiger charge is 2.46. The molecule has 0 bridgehead atoms. The Bertz CT molecular complexity index is 1270. The molecular formula is C27H34O16. The fourth-order valence-corrected chi connectivity index (χ4v) is 5.23. The van der Waals surface area contributed by atoms with Crippen molar-refractivity contribution in [2.24, 2.45) is 0 Å². The summed E-state index contributed by atoms with van der Waals surface area (Å²) in [6.07, 6.45) is -17.9. The Labute approximate surface area is 243 Å². The van der Waals surface area contributed by atoms with E-state index in [2.05, 4.69) is 0 Å². The van der Waals surface area contributed by atoms with Crippen molar-refractivity contribution in [3.05, 3.63) is 41.5 Å². The van der Waals surface area contributed by atoms with Gasteiger partial charge in [0.2, 0.25) is 12.6 Å². The van der Waals surface area contributed by atoms with Gasteiger partial charge in [-0.3, -0.25) is 0 Å². The van der Waals surface area contributed by atoms with Crippen molar-refractivity contribution in [3.8, 4) is 28.7 Å². The largest absolute Gasteiger partial charge is 0.508 e. The van der Waals surface area contributed by atoms with Crippen LogP contribution in [0.25, 0.3) is 0 Å². The molecule has 3 heterocycles. The van der Waals surface area contributed by atoms with Gasteiger partial charge in [0.1, 0.15) is 72.2 Å². The van der Waals surface area contributed by atoms with Gasteiger partial charge < -0.3 is 79.9 Å². The standard InChI is InChI=1S/C27H34O16/c28-7-17-19(33)21(35)23(37)26(42-17)40-14-2-1-9(3-12(14)31)25-13(32)6-11-15(39-25)4-10(30)5-16(11)41-27-24(38)22(36)20(34)18(8-29)43-27/h1-5,13,17-38H,6-8H2/t13?,17-,18-,19-,20-,21+,22+,23-,24-,25?,26+,27+/m1/s1. The van der Waals surface area contributed by atoms with Crippen molar-refractivity contribution in [1.82, 2.24) is 0 Å². The number of aromatic hydroxyl groups is 2. The van der Waals surface area contributed by atoms with Crippen LogP contribution in [-0.2, 0) is 15.9 Å². The SMILES string of the molecule is OC[C@H]1O[C@H](Oc2ccc(C3Oc4cc(O)cc(O[C@H]5O[C@H](CO)[C@@H](O)[C@H](O)[C@H]5O)c4CC3O)cc2O)[C@H](O)[C@@H](O)[C@@H]1O. The summed E-state index contributed by atoms with van der Waals surface area (Å²) < 4.78 is 27.8. The van der Waals surface area contributed by atoms with Crippen LogP contribution in [0.4, 0.5) is 0 Å². The maximum atomic E-state index is 11.0. The van der Waals surface area contributed by atoms with E-state index in [0.29, 0.717) is 0 Å². The van der Waals surface area contributed by atoms with Crippen LogP contribution < -0.4 is 14.2 Å². The third kappa shape index (κ3) is 6.04. The molecule has 2 unspecified atom stereocenters. The molecule has 16 nitrogen and oxygen atoms in total. The Morgan fingerprint density at radius 3 is 1.77 bits per heavy atom. The number of hydrogen-bond acceptors (Lipinski definition) is 16. The van der Waals surface area contributed by atoms with Crippen LogP contribution in [0, 0.1) is 0 Å². The van der Waals surface area contributed by atoms with Crippen molar-refractivity contribution in [1.29, 1.82) is 0 Å². The summed E-state index contributed by atoms with van der Waals surface area (Å²) in [6.45, 7) is -1.34. The van der Waals surface area contributed by atoms with Gasteiger partial charge in [-0.05, 0) is 17.7 Å². The van der Waals surface area contributed by atoms with Crippen molar-refractivity contribution < 1.29 is 79.9 Å². The first kappa shape index (κ1) is 31.4. The van der Waals surface area contributed by atoms with Gasteiger partial charge in [0.05, 0.1) is 19.3 Å². The normalized spacial score (nSPS) is 37.7. The fraction of sp³-hybridized carbons (Fsp3) is 0.556. The molecule has 0 radical (unpaired) electrons. The Kier molecular flexibility index (Phi) is 9.17. The second-order valence-corrected chi connectivity index (χ2v) is 10.6. The first-order valence-corrected chi connectivity index (χ1v) is 13.4. The van der Waals surface area contributed by atoms with E-state index in [-0.39, 0.29) is 40.5 Å². The second kappa shape index (κ2) is 12.5. The Morgan fingerprint density at radius 1 is 0.674 bits per heavy atom. The second-order valence-electron chi connectivity index (χ2n) is 10.6. The zero-order chi connectivity index (χ0) is 31.2. The van der Waals surface area contributed by atoms with E-state index in [0.717, 1.165) is 0 Å². The lowest BCUT2D eigenvalue weighted by Gasteiger charge is -2.40. The lowest BCUT2D eigenvalue weighted by molar-refractivity contribution is -0.277. The molecule has 43 heavy (non-hydrogen) atoms. The highest BCUT2D eigenvalue weighted by Crippen LogP contribution is 2.44. The maximum Gasteiger partial charge on any atom is 0.229 e. The van der Waals surface area contributed by atoms with Gasteiger partial charge in [0.15, 0.2) is 11.5 Å². The molecule has 2 fully saturated rings. The molecule has 0 saturated carbocycles. The molecule has 238 valence electrons. The lowest BCUT2D eigenvalue weighted by Crippen LogP contribution is -2.60. The smallest absolute Gasteiger partial charge is 0.229 e. The molecule has 0 amide bonds. The summed E-state index contributed by atoms with van der Waals surface area (Å²) in [5, 5.41) is 111. The molecule has 0 aromatic heterocycles. The number of aliphatic hydroxyl groups excluding tert-OH is 9. The average Bonchev–Trinajstić information content (AvgIpc) is 2.98. The van der Waals surface area contributed by atoms with Crippen molar-refractivity contribution in [2.75, 3.05) is 13.2 Å². The molecule has 2 saturated heterocycles. The van der Waals surface area contributed by atoms with Gasteiger partial charge >= 0.3 is 0 Å². The Balaban J connectivity index is 1.33. The van der Waals surface area contributed by atoms with E-state index in [9.17, 15) is 56.2 Å². The molecule has 2 aromatic carbocycles. The minimum Gasteiger partial charge on any atom is -0.508 e. The number of ether oxygens (including phenoxy) is 5. The summed E-state index contributed by atoms with van der Waals surface area (Å²) >= 11 is 0. The van der Waals surface area contributed by atoms with Crippen LogP contribution >= 0.6 is 0 Å². The minimum absolute atomic E-state index is 0.0667. The van der Waals surface area contributed by atoms with Crippen LogP contribution in [0.15, 0.2) is 30.3 Å². The van der Waals surface area contributed by atoms with E-state index >= 15 is 0 Å². The van der Waals surface area contributed by atoms with E-state index < -0.39 is 92.6 Å². The number of fused-ring (bicyclic) bond motifs is 1. The van der Waals surface area contributed by atoms with Crippen molar-refractivity contribution in [3.63, 3.8) is 0 Å². The van der Waals surface area contributed by atoms with E-state index in [1.165, 1.54) is 30.3 Å². The highest BCUT2D eigenvalue weighted by atomic mass is 16.7. The van der Waals surface area contributed by atoms with Gasteiger partial charge in [-0.25, -0.2) is 0 Å². The molecule has 0 aliphatic carbocycles. The molecule has 2 aromatic rings. The molecule has 5 rings (SSSR count). The molecule has 0 spiro atoms. The molecule has 11 N–H and O–H groups in total. The van der Waals surface area contributed by atoms with E-state index in [4.69, 9.17) is 23.7 Å². The summed E-state index contributed by atoms with van der Waals surface area (Å²) in [5.74, 6) is -0.955. The predicted octanol–water partition coefficient (Wildman–Crippen LogP) is -3.51. The molecule has 12 atom stereocenters. The Morgan fingerprint density at radius 2 is 1.23 bits per heavy atom. The quantitative estimate of drug-likeness (QED) is 0.144. The van der Waals surface area contributed by atoms with Crippen LogP contribution in [0.5, 0.6) is 28.7 Å². The molecule has 3 aliphatic heterocycles. The van der Waals surface area contributed by atoms with E-state index in [1.54, 1.807) is 0 Å². The highest BCUT2D eigenvalue weighted by molar-refractivity contribution is 5.53. The summed E-state index contributed by atoms with van der Waals surface area (Å²) in [6, 6.07) is 6.37. The molecule has 16 heteroatoms. The first-order chi connectivity index (χ1) is 20.4. The van der Waals surface area contributed by atoms with Crippen LogP contribution in [0.3, 0.4) is 0 Å². The maximum absolute atomic E-state index is 11.0. The van der Waals surface area contributed by atoms with Gasteiger partial charge in [-0.1, -0.05) is 6.07 Å². The average molecular weight is 615 g/mol. The third-order valence-electron chi connectivity index (χ3n) is 7.66. The van der Waals surface area contributed by atoms with Gasteiger partial charge in [0.25, 0.3) is 0 Å².